The van der Waals surface area contributed by atoms with E-state index in [1.807, 2.05) is 37.3 Å². The summed E-state index contributed by atoms with van der Waals surface area (Å²) in [7, 11) is 0. The normalized spacial score (nSPS) is 15.4. The average Bonchev–Trinajstić information content (AvgIpc) is 2.34. The predicted molar refractivity (Wildman–Crippen MR) is 77.2 cm³/mol. The molecule has 5 heteroatoms. The summed E-state index contributed by atoms with van der Waals surface area (Å²) in [6.45, 7) is 1.99. The van der Waals surface area contributed by atoms with Crippen molar-refractivity contribution in [2.45, 2.75) is 6.92 Å². The monoisotopic (exact) mass is 272 g/mol. The second-order valence-electron chi connectivity index (χ2n) is 4.03. The zero-order valence-electron chi connectivity index (χ0n) is 10.3. The standard InChI is InChI=1S/C14H12N2O2S/c1-9-5-2-3-6-10(9)7-4-8-11-12(17)15-14(19)16-13(11)18/h2-8H,1H3,(H2,15,16,17,18,19). The first-order chi connectivity index (χ1) is 9.08. The molecule has 1 fully saturated rings. The Morgan fingerprint density at radius 1 is 1.11 bits per heavy atom. The minimum Gasteiger partial charge on any atom is -0.299 e. The fourth-order valence-corrected chi connectivity index (χ4v) is 1.83. The van der Waals surface area contributed by atoms with Gasteiger partial charge in [0.05, 0.1) is 0 Å². The van der Waals surface area contributed by atoms with Crippen LogP contribution in [0.4, 0.5) is 0 Å². The second-order valence-corrected chi connectivity index (χ2v) is 4.44. The van der Waals surface area contributed by atoms with E-state index >= 15 is 0 Å². The van der Waals surface area contributed by atoms with E-state index in [9.17, 15) is 9.59 Å². The maximum Gasteiger partial charge on any atom is 0.263 e. The first kappa shape index (κ1) is 13.2. The lowest BCUT2D eigenvalue weighted by Gasteiger charge is -2.15. The number of amides is 2. The van der Waals surface area contributed by atoms with Crippen molar-refractivity contribution in [3.63, 3.8) is 0 Å². The molecule has 1 aliphatic heterocycles. The molecule has 0 atom stereocenters. The molecule has 0 saturated carbocycles. The molecule has 2 rings (SSSR count). The van der Waals surface area contributed by atoms with Crippen LogP contribution in [0.15, 0.2) is 42.0 Å². The molecule has 0 aliphatic carbocycles. The van der Waals surface area contributed by atoms with Crippen molar-refractivity contribution in [2.75, 3.05) is 0 Å². The van der Waals surface area contributed by atoms with Gasteiger partial charge in [-0.15, -0.1) is 0 Å². The maximum atomic E-state index is 11.6. The fourth-order valence-electron chi connectivity index (χ4n) is 1.65. The molecule has 0 aromatic heterocycles. The number of thiocarbonyl (C=S) groups is 1. The first-order valence-electron chi connectivity index (χ1n) is 5.68. The van der Waals surface area contributed by atoms with Crippen molar-refractivity contribution in [3.05, 3.63) is 53.1 Å². The molecule has 1 saturated heterocycles. The summed E-state index contributed by atoms with van der Waals surface area (Å²) in [6.07, 6.45) is 4.99. The van der Waals surface area contributed by atoms with Gasteiger partial charge in [0.2, 0.25) is 0 Å². The lowest BCUT2D eigenvalue weighted by molar-refractivity contribution is -0.123. The van der Waals surface area contributed by atoms with Crippen LogP contribution >= 0.6 is 12.2 Å². The van der Waals surface area contributed by atoms with Gasteiger partial charge < -0.3 is 0 Å². The molecule has 0 bridgehead atoms. The quantitative estimate of drug-likeness (QED) is 0.487. The lowest BCUT2D eigenvalue weighted by atomic mass is 10.1. The number of benzene rings is 1. The van der Waals surface area contributed by atoms with Crippen LogP contribution in [0.5, 0.6) is 0 Å². The highest BCUT2D eigenvalue weighted by atomic mass is 32.1. The molecule has 1 heterocycles. The Morgan fingerprint density at radius 2 is 1.74 bits per heavy atom. The highest BCUT2D eigenvalue weighted by molar-refractivity contribution is 7.80. The molecule has 96 valence electrons. The van der Waals surface area contributed by atoms with Gasteiger partial charge in [0.1, 0.15) is 5.57 Å². The van der Waals surface area contributed by atoms with E-state index in [2.05, 4.69) is 10.6 Å². The zero-order chi connectivity index (χ0) is 13.8. The minimum absolute atomic E-state index is 0.0371. The molecule has 0 radical (unpaired) electrons. The van der Waals surface area contributed by atoms with Gasteiger partial charge in [-0.25, -0.2) is 0 Å². The van der Waals surface area contributed by atoms with Crippen LogP contribution in [0.1, 0.15) is 11.1 Å². The zero-order valence-corrected chi connectivity index (χ0v) is 11.1. The third kappa shape index (κ3) is 3.14. The maximum absolute atomic E-state index is 11.6. The topological polar surface area (TPSA) is 58.2 Å². The van der Waals surface area contributed by atoms with Crippen molar-refractivity contribution in [3.8, 4) is 0 Å². The van der Waals surface area contributed by atoms with Gasteiger partial charge in [0.15, 0.2) is 5.11 Å². The Morgan fingerprint density at radius 3 is 2.37 bits per heavy atom. The molecule has 2 amide bonds. The molecular formula is C14H12N2O2S. The van der Waals surface area contributed by atoms with Gasteiger partial charge in [0.25, 0.3) is 11.8 Å². The van der Waals surface area contributed by atoms with E-state index in [1.54, 1.807) is 6.08 Å². The Bertz CT molecular complexity index is 596. The van der Waals surface area contributed by atoms with Crippen molar-refractivity contribution >= 4 is 35.2 Å². The fraction of sp³-hybridized carbons (Fsp3) is 0.0714. The average molecular weight is 272 g/mol. The van der Waals surface area contributed by atoms with Crippen LogP contribution in [-0.2, 0) is 9.59 Å². The molecule has 1 aliphatic rings. The second kappa shape index (κ2) is 5.58. The van der Waals surface area contributed by atoms with Crippen LogP contribution in [0.25, 0.3) is 6.08 Å². The molecular weight excluding hydrogens is 260 g/mol. The van der Waals surface area contributed by atoms with Gasteiger partial charge in [-0.3, -0.25) is 20.2 Å². The Kier molecular flexibility index (Phi) is 3.87. The minimum atomic E-state index is -0.483. The number of aryl methyl sites for hydroxylation is 1. The molecule has 19 heavy (non-hydrogen) atoms. The first-order valence-corrected chi connectivity index (χ1v) is 6.09. The molecule has 0 spiro atoms. The number of carbonyl (C=O) groups is 2. The van der Waals surface area contributed by atoms with Crippen molar-refractivity contribution in [2.24, 2.45) is 0 Å². The van der Waals surface area contributed by atoms with E-state index < -0.39 is 11.8 Å². The van der Waals surface area contributed by atoms with E-state index in [4.69, 9.17) is 12.2 Å². The van der Waals surface area contributed by atoms with E-state index in [0.29, 0.717) is 0 Å². The van der Waals surface area contributed by atoms with Crippen LogP contribution in [0, 0.1) is 6.92 Å². The lowest BCUT2D eigenvalue weighted by Crippen LogP contribution is -2.51. The van der Waals surface area contributed by atoms with Crippen molar-refractivity contribution < 1.29 is 9.59 Å². The van der Waals surface area contributed by atoms with Gasteiger partial charge in [-0.05, 0) is 36.3 Å². The number of hydrogen-bond donors (Lipinski definition) is 2. The van der Waals surface area contributed by atoms with E-state index in [0.717, 1.165) is 11.1 Å². The summed E-state index contributed by atoms with van der Waals surface area (Å²) in [5.41, 5.74) is 2.20. The van der Waals surface area contributed by atoms with Crippen LogP contribution in [-0.4, -0.2) is 16.9 Å². The summed E-state index contributed by atoms with van der Waals surface area (Å²) in [6, 6.07) is 7.83. The number of carbonyl (C=O) groups excluding carboxylic acids is 2. The molecule has 0 unspecified atom stereocenters. The SMILES string of the molecule is Cc1ccccc1C=CC=C1C(=O)NC(=S)NC1=O. The third-order valence-corrected chi connectivity index (χ3v) is 2.87. The van der Waals surface area contributed by atoms with Crippen molar-refractivity contribution in [1.29, 1.82) is 0 Å². The Balaban J connectivity index is 2.18. The van der Waals surface area contributed by atoms with Gasteiger partial charge in [0, 0.05) is 0 Å². The van der Waals surface area contributed by atoms with E-state index in [-0.39, 0.29) is 10.7 Å². The van der Waals surface area contributed by atoms with E-state index in [1.165, 1.54) is 6.08 Å². The highest BCUT2D eigenvalue weighted by Crippen LogP contribution is 2.09. The molecule has 1 aromatic rings. The highest BCUT2D eigenvalue weighted by Gasteiger charge is 2.24. The summed E-state index contributed by atoms with van der Waals surface area (Å²) < 4.78 is 0. The van der Waals surface area contributed by atoms with Crippen molar-refractivity contribution in [1.82, 2.24) is 10.6 Å². The molecule has 1 aromatic carbocycles. The van der Waals surface area contributed by atoms with Crippen LogP contribution in [0.3, 0.4) is 0 Å². The molecule has 4 nitrogen and oxygen atoms in total. The molecule has 2 N–H and O–H groups in total. The number of rotatable bonds is 2. The predicted octanol–water partition coefficient (Wildman–Crippen LogP) is 1.47. The Hall–Kier alpha value is -2.27. The Labute approximate surface area is 116 Å². The summed E-state index contributed by atoms with van der Waals surface area (Å²) in [5.74, 6) is -0.966. The van der Waals surface area contributed by atoms with Gasteiger partial charge in [-0.2, -0.15) is 0 Å². The smallest absolute Gasteiger partial charge is 0.263 e. The summed E-state index contributed by atoms with van der Waals surface area (Å²) in [4.78, 5) is 23.1. The third-order valence-electron chi connectivity index (χ3n) is 2.67. The number of allylic oxidation sites excluding steroid dienone is 2. The van der Waals surface area contributed by atoms with Gasteiger partial charge in [-0.1, -0.05) is 36.4 Å². The largest absolute Gasteiger partial charge is 0.299 e. The van der Waals surface area contributed by atoms with Crippen LogP contribution in [0.2, 0.25) is 0 Å². The van der Waals surface area contributed by atoms with Crippen LogP contribution < -0.4 is 10.6 Å². The van der Waals surface area contributed by atoms with Gasteiger partial charge >= 0.3 is 0 Å². The summed E-state index contributed by atoms with van der Waals surface area (Å²) >= 11 is 4.71. The number of hydrogen-bond acceptors (Lipinski definition) is 3. The number of nitrogens with one attached hydrogen (secondary N) is 2. The summed E-state index contributed by atoms with van der Waals surface area (Å²) in [5, 5.41) is 4.79.